The average Bonchev–Trinajstić information content (AvgIpc) is 3.13. The van der Waals surface area contributed by atoms with Crippen LogP contribution in [0, 0.1) is 17.7 Å². The molecule has 1 saturated carbocycles. The molecule has 4 heterocycles. The molecule has 3 aliphatic heterocycles. The topological polar surface area (TPSA) is 122 Å². The van der Waals surface area contributed by atoms with Gasteiger partial charge in [-0.25, -0.2) is 9.37 Å². The first-order valence-electron chi connectivity index (χ1n) is 10.9. The van der Waals surface area contributed by atoms with Crippen molar-refractivity contribution in [3.63, 3.8) is 0 Å². The highest BCUT2D eigenvalue weighted by molar-refractivity contribution is 5.93. The third kappa shape index (κ3) is 3.16. The van der Waals surface area contributed by atoms with Gasteiger partial charge in [0, 0.05) is 31.6 Å². The number of carbonyl (C=O) groups is 2. The van der Waals surface area contributed by atoms with Gasteiger partial charge in [0.1, 0.15) is 17.2 Å². The lowest BCUT2D eigenvalue weighted by atomic mass is 9.75. The number of likely N-dealkylation sites (tertiary alicyclic amines) is 1. The van der Waals surface area contributed by atoms with Crippen molar-refractivity contribution < 1.29 is 24.2 Å². The van der Waals surface area contributed by atoms with E-state index in [9.17, 15) is 19.8 Å². The summed E-state index contributed by atoms with van der Waals surface area (Å²) < 4.78 is 16.9. The Morgan fingerprint density at radius 2 is 2.06 bits per heavy atom. The molecule has 2 bridgehead atoms. The first-order valence-corrected chi connectivity index (χ1v) is 10.9. The lowest BCUT2D eigenvalue weighted by molar-refractivity contribution is -0.137. The molecule has 0 radical (unpaired) electrons. The molecule has 6 rings (SSSR count). The largest absolute Gasteiger partial charge is 0.384 e. The summed E-state index contributed by atoms with van der Waals surface area (Å²) in [6, 6.07) is 2.97. The Hall–Kier alpha value is -3.22. The number of imidazole rings is 1. The first-order chi connectivity index (χ1) is 15.4. The van der Waals surface area contributed by atoms with Crippen LogP contribution >= 0.6 is 0 Å². The summed E-state index contributed by atoms with van der Waals surface area (Å²) in [5.74, 6) is 3.94. The summed E-state index contributed by atoms with van der Waals surface area (Å²) in [4.78, 5) is 30.2. The molecule has 4 aliphatic rings. The minimum absolute atomic E-state index is 0.00405. The zero-order chi connectivity index (χ0) is 23.9. The van der Waals surface area contributed by atoms with E-state index < -0.39 is 28.8 Å². The van der Waals surface area contributed by atoms with E-state index in [1.54, 1.807) is 27.0 Å². The summed E-state index contributed by atoms with van der Waals surface area (Å²) in [5, 5.41) is 21.4. The fraction of sp³-hybridized carbons (Fsp3) is 0.458. The molecule has 8 nitrogen and oxygen atoms in total. The van der Waals surface area contributed by atoms with Crippen LogP contribution in [0.4, 0.5) is 4.39 Å². The molecular weight excluding hydrogens is 427 g/mol. The molecule has 1 saturated heterocycles. The Morgan fingerprint density at radius 3 is 2.64 bits per heavy atom. The van der Waals surface area contributed by atoms with E-state index in [1.807, 2.05) is 4.57 Å². The number of aliphatic hydroxyl groups is 2. The number of hydrogen-bond acceptors (Lipinski definition) is 5. The number of benzene rings is 1. The smallest absolute Gasteiger partial charge is 0.269 e. The summed E-state index contributed by atoms with van der Waals surface area (Å²) in [6.45, 7) is 3.51. The van der Waals surface area contributed by atoms with Crippen molar-refractivity contribution in [3.05, 3.63) is 40.5 Å². The summed E-state index contributed by atoms with van der Waals surface area (Å²) >= 11 is 0. The van der Waals surface area contributed by atoms with Gasteiger partial charge in [0.2, 0.25) is 5.60 Å². The van der Waals surface area contributed by atoms with Crippen molar-refractivity contribution in [3.8, 4) is 23.2 Å². The van der Waals surface area contributed by atoms with Crippen molar-refractivity contribution in [1.29, 1.82) is 0 Å². The van der Waals surface area contributed by atoms with Crippen molar-refractivity contribution in [2.75, 3.05) is 13.6 Å². The van der Waals surface area contributed by atoms with Gasteiger partial charge in [-0.1, -0.05) is 11.8 Å². The SMILES string of the molecule is CN1CC[C@@](O)(C#Cc2cc3c(cc2F)C2CC(C2)n2c-3nc(C(N)=O)c2C(C)(C)O)C1=O. The molecule has 2 aromatic rings. The fourth-order valence-corrected chi connectivity index (χ4v) is 5.14. The average molecular weight is 452 g/mol. The van der Waals surface area contributed by atoms with E-state index in [-0.39, 0.29) is 29.6 Å². The minimum atomic E-state index is -1.85. The molecule has 1 aromatic carbocycles. The van der Waals surface area contributed by atoms with Crippen LogP contribution in [0.25, 0.3) is 11.4 Å². The Kier molecular flexibility index (Phi) is 4.51. The molecule has 4 N–H and O–H groups in total. The molecule has 2 amide bonds. The van der Waals surface area contributed by atoms with E-state index in [0.717, 1.165) is 18.4 Å². The van der Waals surface area contributed by atoms with Crippen LogP contribution in [0.3, 0.4) is 0 Å². The number of hydrogen-bond donors (Lipinski definition) is 3. The second-order valence-corrected chi connectivity index (χ2v) is 9.75. The molecule has 33 heavy (non-hydrogen) atoms. The van der Waals surface area contributed by atoms with Gasteiger partial charge in [-0.2, -0.15) is 0 Å². The molecule has 9 heteroatoms. The Morgan fingerprint density at radius 1 is 1.36 bits per heavy atom. The molecule has 2 fully saturated rings. The van der Waals surface area contributed by atoms with Gasteiger partial charge in [0.25, 0.3) is 11.8 Å². The second-order valence-electron chi connectivity index (χ2n) is 9.75. The number of nitrogens with zero attached hydrogens (tertiary/aromatic N) is 3. The zero-order valence-corrected chi connectivity index (χ0v) is 18.6. The predicted molar refractivity (Wildman–Crippen MR) is 116 cm³/mol. The molecule has 172 valence electrons. The van der Waals surface area contributed by atoms with Crippen LogP contribution in [0.2, 0.25) is 0 Å². The lowest BCUT2D eigenvalue weighted by Gasteiger charge is -2.37. The number of carbonyl (C=O) groups excluding carboxylic acids is 2. The number of likely N-dealkylation sites (N-methyl/N-ethyl adjacent to an activating group) is 1. The fourth-order valence-electron chi connectivity index (χ4n) is 5.14. The number of halogens is 1. The van der Waals surface area contributed by atoms with Gasteiger partial charge >= 0.3 is 0 Å². The minimum Gasteiger partial charge on any atom is -0.384 e. The summed E-state index contributed by atoms with van der Waals surface area (Å²) in [7, 11) is 1.58. The molecule has 0 spiro atoms. The Bertz CT molecular complexity index is 1280. The molecule has 1 atom stereocenters. The van der Waals surface area contributed by atoms with E-state index in [0.29, 0.717) is 23.6 Å². The molecule has 1 aliphatic carbocycles. The maximum Gasteiger partial charge on any atom is 0.269 e. The van der Waals surface area contributed by atoms with E-state index in [2.05, 4.69) is 16.8 Å². The van der Waals surface area contributed by atoms with Gasteiger partial charge in [-0.05, 0) is 50.3 Å². The molecular formula is C24H25FN4O4. The maximum atomic E-state index is 15.0. The van der Waals surface area contributed by atoms with Gasteiger partial charge < -0.3 is 25.4 Å². The van der Waals surface area contributed by atoms with Crippen molar-refractivity contribution in [2.24, 2.45) is 5.73 Å². The number of aromatic nitrogens is 2. The number of amides is 2. The lowest BCUT2D eigenvalue weighted by Crippen LogP contribution is -2.37. The highest BCUT2D eigenvalue weighted by Crippen LogP contribution is 2.54. The number of rotatable bonds is 2. The predicted octanol–water partition coefficient (Wildman–Crippen LogP) is 1.39. The molecule has 1 aromatic heterocycles. The van der Waals surface area contributed by atoms with Gasteiger partial charge in [-0.3, -0.25) is 9.59 Å². The van der Waals surface area contributed by atoms with Crippen LogP contribution in [-0.2, 0) is 10.4 Å². The maximum absolute atomic E-state index is 15.0. The highest BCUT2D eigenvalue weighted by atomic mass is 19.1. The normalized spacial score (nSPS) is 25.5. The quantitative estimate of drug-likeness (QED) is 0.595. The standard InChI is InChI=1S/C24H25FN4O4/c1-23(2,32)19-18(20(26)30)27-21-16-10-12(4-5-24(33)6-7-28(3)22(24)31)17(25)11-15(16)13-8-14(9-13)29(19)21/h10-11,13-14,32-33H,6-9H2,1-3H3,(H2,26,30)/t13?,14?,24-/m0/s1. The van der Waals surface area contributed by atoms with E-state index >= 15 is 4.39 Å². The summed E-state index contributed by atoms with van der Waals surface area (Å²) in [5.41, 5.74) is 4.07. The zero-order valence-electron chi connectivity index (χ0n) is 18.6. The van der Waals surface area contributed by atoms with Crippen LogP contribution in [0.1, 0.15) is 72.4 Å². The van der Waals surface area contributed by atoms with Gasteiger partial charge in [-0.15, -0.1) is 0 Å². The van der Waals surface area contributed by atoms with E-state index in [4.69, 9.17) is 5.73 Å². The van der Waals surface area contributed by atoms with Gasteiger partial charge in [0.15, 0.2) is 5.69 Å². The van der Waals surface area contributed by atoms with Crippen molar-refractivity contribution in [1.82, 2.24) is 14.5 Å². The van der Waals surface area contributed by atoms with Crippen molar-refractivity contribution in [2.45, 2.75) is 56.3 Å². The Balaban J connectivity index is 1.69. The molecule has 0 unspecified atom stereocenters. The van der Waals surface area contributed by atoms with Gasteiger partial charge in [0.05, 0.1) is 11.3 Å². The highest BCUT2D eigenvalue weighted by Gasteiger charge is 2.44. The third-order valence-corrected chi connectivity index (χ3v) is 6.94. The number of nitrogens with two attached hydrogens (primary N) is 1. The van der Waals surface area contributed by atoms with Crippen LogP contribution < -0.4 is 5.73 Å². The number of primary amides is 1. The van der Waals surface area contributed by atoms with Crippen molar-refractivity contribution >= 4 is 11.8 Å². The third-order valence-electron chi connectivity index (χ3n) is 6.94. The summed E-state index contributed by atoms with van der Waals surface area (Å²) in [6.07, 6.45) is 1.60. The van der Waals surface area contributed by atoms with E-state index in [1.165, 1.54) is 11.0 Å². The monoisotopic (exact) mass is 452 g/mol. The van der Waals surface area contributed by atoms with Crippen LogP contribution in [0.15, 0.2) is 12.1 Å². The Labute approximate surface area is 190 Å². The van der Waals surface area contributed by atoms with Crippen LogP contribution in [-0.4, -0.2) is 55.7 Å². The second kappa shape index (κ2) is 6.89. The first kappa shape index (κ1) is 21.6. The van der Waals surface area contributed by atoms with Crippen LogP contribution in [0.5, 0.6) is 0 Å².